The predicted molar refractivity (Wildman–Crippen MR) is 64.3 cm³/mol. The molecule has 14 heavy (non-hydrogen) atoms. The van der Waals surface area contributed by atoms with Crippen molar-refractivity contribution >= 4 is 0 Å². The van der Waals surface area contributed by atoms with Crippen molar-refractivity contribution < 1.29 is 0 Å². The van der Waals surface area contributed by atoms with Crippen LogP contribution in [0.5, 0.6) is 0 Å². The van der Waals surface area contributed by atoms with Crippen molar-refractivity contribution in [2.75, 3.05) is 0 Å². The van der Waals surface area contributed by atoms with E-state index >= 15 is 0 Å². The first-order valence-electron chi connectivity index (χ1n) is 6.44. The second-order valence-electron chi connectivity index (χ2n) is 6.14. The molecule has 0 nitrogen and oxygen atoms in total. The minimum absolute atomic E-state index is 0.581. The molecule has 1 rings (SSSR count). The third-order valence-corrected chi connectivity index (χ3v) is 4.75. The number of hydrogen-bond donors (Lipinski definition) is 0. The normalized spacial score (nSPS) is 34.3. The smallest absolute Gasteiger partial charge is 0.0303 e. The molecule has 4 unspecified atom stereocenters. The Morgan fingerprint density at radius 1 is 1.21 bits per heavy atom. The first-order chi connectivity index (χ1) is 6.44. The first kappa shape index (κ1) is 12.1. The van der Waals surface area contributed by atoms with Gasteiger partial charge in [-0.05, 0) is 35.5 Å². The second kappa shape index (κ2) is 4.24. The summed E-state index contributed by atoms with van der Waals surface area (Å²) in [4.78, 5) is 0. The summed E-state index contributed by atoms with van der Waals surface area (Å²) in [5.74, 6) is 3.94. The molecule has 0 aliphatic heterocycles. The van der Waals surface area contributed by atoms with Crippen molar-refractivity contribution in [3.05, 3.63) is 0 Å². The Labute approximate surface area is 90.5 Å². The molecule has 0 aromatic rings. The topological polar surface area (TPSA) is 0 Å². The van der Waals surface area contributed by atoms with Gasteiger partial charge in [0, 0.05) is 0 Å². The molecule has 0 amide bonds. The van der Waals surface area contributed by atoms with Gasteiger partial charge < -0.3 is 0 Å². The Bertz CT molecular complexity index is 180. The van der Waals surface area contributed by atoms with Crippen molar-refractivity contribution in [2.45, 2.75) is 60.8 Å². The molecule has 0 bridgehead atoms. The zero-order valence-electron chi connectivity index (χ0n) is 10.9. The fourth-order valence-corrected chi connectivity index (χ4v) is 3.07. The average molecular weight is 196 g/mol. The molecule has 1 fully saturated rings. The van der Waals surface area contributed by atoms with Crippen LogP contribution < -0.4 is 0 Å². The third-order valence-electron chi connectivity index (χ3n) is 4.75. The Hall–Kier alpha value is 0. The van der Waals surface area contributed by atoms with E-state index in [0.29, 0.717) is 5.41 Å². The zero-order valence-corrected chi connectivity index (χ0v) is 10.9. The van der Waals surface area contributed by atoms with Crippen molar-refractivity contribution in [3.8, 4) is 0 Å². The maximum absolute atomic E-state index is 2.45. The van der Waals surface area contributed by atoms with E-state index in [0.717, 1.165) is 23.7 Å². The fraction of sp³-hybridized carbons (Fsp3) is 1.00. The van der Waals surface area contributed by atoms with Gasteiger partial charge in [-0.3, -0.25) is 0 Å². The minimum atomic E-state index is 0.581. The Kier molecular flexibility index (Phi) is 3.66. The number of hydrogen-bond acceptors (Lipinski definition) is 0. The zero-order chi connectivity index (χ0) is 10.9. The van der Waals surface area contributed by atoms with Crippen molar-refractivity contribution in [1.29, 1.82) is 0 Å². The fourth-order valence-electron chi connectivity index (χ4n) is 3.07. The maximum Gasteiger partial charge on any atom is -0.0303 e. The Balaban J connectivity index is 2.45. The van der Waals surface area contributed by atoms with Gasteiger partial charge in [-0.2, -0.15) is 0 Å². The van der Waals surface area contributed by atoms with E-state index in [1.54, 1.807) is 0 Å². The van der Waals surface area contributed by atoms with E-state index in [4.69, 9.17) is 0 Å². The lowest BCUT2D eigenvalue weighted by atomic mass is 9.82. The van der Waals surface area contributed by atoms with Crippen LogP contribution in [0.4, 0.5) is 0 Å². The molecule has 0 saturated heterocycles. The summed E-state index contributed by atoms with van der Waals surface area (Å²) in [5.41, 5.74) is 0.581. The van der Waals surface area contributed by atoms with Gasteiger partial charge in [-0.1, -0.05) is 54.4 Å². The first-order valence-corrected chi connectivity index (χ1v) is 6.44. The monoisotopic (exact) mass is 196 g/mol. The molecular formula is C14H28. The summed E-state index contributed by atoms with van der Waals surface area (Å²) in [6.07, 6.45) is 4.15. The minimum Gasteiger partial charge on any atom is -0.0651 e. The maximum atomic E-state index is 2.45. The van der Waals surface area contributed by atoms with Gasteiger partial charge in [0.25, 0.3) is 0 Å². The summed E-state index contributed by atoms with van der Waals surface area (Å²) >= 11 is 0. The molecule has 1 aliphatic rings. The lowest BCUT2D eigenvalue weighted by molar-refractivity contribution is 0.264. The van der Waals surface area contributed by atoms with Crippen LogP contribution >= 0.6 is 0 Å². The molecule has 0 spiro atoms. The predicted octanol–water partition coefficient (Wildman–Crippen LogP) is 4.74. The summed E-state index contributed by atoms with van der Waals surface area (Å²) < 4.78 is 0. The van der Waals surface area contributed by atoms with E-state index in [9.17, 15) is 0 Å². The van der Waals surface area contributed by atoms with Crippen molar-refractivity contribution in [2.24, 2.45) is 29.1 Å². The average Bonchev–Trinajstić information content (AvgIpc) is 2.77. The Morgan fingerprint density at radius 2 is 1.79 bits per heavy atom. The molecule has 0 aromatic heterocycles. The van der Waals surface area contributed by atoms with E-state index in [-0.39, 0.29) is 0 Å². The highest BCUT2D eigenvalue weighted by atomic mass is 14.6. The van der Waals surface area contributed by atoms with Gasteiger partial charge in [0.05, 0.1) is 0 Å². The quantitative estimate of drug-likeness (QED) is 0.595. The molecule has 0 radical (unpaired) electrons. The van der Waals surface area contributed by atoms with Gasteiger partial charge in [0.1, 0.15) is 0 Å². The lowest BCUT2D eigenvalue weighted by Gasteiger charge is -2.23. The van der Waals surface area contributed by atoms with Gasteiger partial charge in [0.15, 0.2) is 0 Å². The number of rotatable bonds is 5. The van der Waals surface area contributed by atoms with Gasteiger partial charge in [-0.25, -0.2) is 0 Å². The summed E-state index contributed by atoms with van der Waals surface area (Å²) in [6.45, 7) is 14.4. The SMILES string of the molecule is CCC(C)CC1C(C)C1C(C)(C)CC. The second-order valence-corrected chi connectivity index (χ2v) is 6.14. The lowest BCUT2D eigenvalue weighted by Crippen LogP contribution is -2.15. The molecule has 0 heteroatoms. The van der Waals surface area contributed by atoms with Crippen LogP contribution in [0.3, 0.4) is 0 Å². The molecular weight excluding hydrogens is 168 g/mol. The van der Waals surface area contributed by atoms with Gasteiger partial charge >= 0.3 is 0 Å². The summed E-state index contributed by atoms with van der Waals surface area (Å²) in [6, 6.07) is 0. The molecule has 0 aromatic carbocycles. The third kappa shape index (κ3) is 2.32. The van der Waals surface area contributed by atoms with E-state index in [2.05, 4.69) is 41.5 Å². The van der Waals surface area contributed by atoms with Gasteiger partial charge in [-0.15, -0.1) is 0 Å². The van der Waals surface area contributed by atoms with Gasteiger partial charge in [0.2, 0.25) is 0 Å². The molecule has 0 N–H and O–H groups in total. The molecule has 84 valence electrons. The summed E-state index contributed by atoms with van der Waals surface area (Å²) in [5, 5.41) is 0. The molecule has 1 saturated carbocycles. The van der Waals surface area contributed by atoms with Crippen LogP contribution in [0, 0.1) is 29.1 Å². The van der Waals surface area contributed by atoms with Crippen LogP contribution in [0.2, 0.25) is 0 Å². The Morgan fingerprint density at radius 3 is 2.21 bits per heavy atom. The van der Waals surface area contributed by atoms with Crippen LogP contribution in [0.15, 0.2) is 0 Å². The summed E-state index contributed by atoms with van der Waals surface area (Å²) in [7, 11) is 0. The van der Waals surface area contributed by atoms with E-state index in [1.165, 1.54) is 19.3 Å². The van der Waals surface area contributed by atoms with Crippen molar-refractivity contribution in [3.63, 3.8) is 0 Å². The van der Waals surface area contributed by atoms with E-state index < -0.39 is 0 Å². The molecule has 0 heterocycles. The van der Waals surface area contributed by atoms with E-state index in [1.807, 2.05) is 0 Å². The van der Waals surface area contributed by atoms with Crippen LogP contribution in [0.25, 0.3) is 0 Å². The molecule has 1 aliphatic carbocycles. The van der Waals surface area contributed by atoms with Crippen LogP contribution in [0.1, 0.15) is 60.8 Å². The highest BCUT2D eigenvalue weighted by molar-refractivity contribution is 5.01. The largest absolute Gasteiger partial charge is 0.0651 e. The molecule has 4 atom stereocenters. The highest BCUT2D eigenvalue weighted by Crippen LogP contribution is 2.59. The van der Waals surface area contributed by atoms with Crippen molar-refractivity contribution in [1.82, 2.24) is 0 Å². The van der Waals surface area contributed by atoms with Crippen LogP contribution in [-0.2, 0) is 0 Å². The highest BCUT2D eigenvalue weighted by Gasteiger charge is 2.53. The standard InChI is InChI=1S/C14H28/c1-7-10(3)9-12-11(4)13(12)14(5,6)8-2/h10-13H,7-9H2,1-6H3. The van der Waals surface area contributed by atoms with Crippen LogP contribution in [-0.4, -0.2) is 0 Å².